The highest BCUT2D eigenvalue weighted by atomic mass is 16.5. The molecule has 0 aliphatic carbocycles. The molecule has 0 saturated heterocycles. The SMILES string of the molecule is CCN(CC)CCCOc1ccc2c(c1)[nH]c(=O)c1cc(OCCCN(CC)CC)ccc12. The number of H-pyrrole nitrogens is 1. The molecule has 180 valence electrons. The number of nitrogens with one attached hydrogen (secondary N) is 1. The fourth-order valence-electron chi connectivity index (χ4n) is 4.21. The fraction of sp³-hybridized carbons (Fsp3) is 0.519. The van der Waals surface area contributed by atoms with E-state index in [1.54, 1.807) is 0 Å². The Balaban J connectivity index is 1.67. The molecule has 0 saturated carbocycles. The molecule has 0 aliphatic rings. The van der Waals surface area contributed by atoms with Gasteiger partial charge in [0.1, 0.15) is 11.5 Å². The Morgan fingerprint density at radius 1 is 0.697 bits per heavy atom. The highest BCUT2D eigenvalue weighted by Gasteiger charge is 2.09. The van der Waals surface area contributed by atoms with Crippen LogP contribution in [0.5, 0.6) is 11.5 Å². The van der Waals surface area contributed by atoms with Gasteiger partial charge in [-0.2, -0.15) is 0 Å². The number of hydrogen-bond donors (Lipinski definition) is 1. The van der Waals surface area contributed by atoms with Gasteiger partial charge in [-0.1, -0.05) is 27.7 Å². The quantitative estimate of drug-likeness (QED) is 0.278. The van der Waals surface area contributed by atoms with Gasteiger partial charge in [0.05, 0.1) is 24.1 Å². The van der Waals surface area contributed by atoms with Gasteiger partial charge in [-0.15, -0.1) is 0 Å². The minimum Gasteiger partial charge on any atom is -0.494 e. The van der Waals surface area contributed by atoms with Crippen LogP contribution in [0.4, 0.5) is 0 Å². The first-order valence-electron chi connectivity index (χ1n) is 12.4. The Hall–Kier alpha value is -2.57. The van der Waals surface area contributed by atoms with Crippen LogP contribution in [0.3, 0.4) is 0 Å². The molecule has 0 atom stereocenters. The maximum absolute atomic E-state index is 12.8. The van der Waals surface area contributed by atoms with Gasteiger partial charge >= 0.3 is 0 Å². The summed E-state index contributed by atoms with van der Waals surface area (Å²) < 4.78 is 11.9. The Labute approximate surface area is 197 Å². The molecule has 3 aromatic rings. The standard InChI is InChI=1S/C27H39N3O3/c1-5-29(6-2)15-9-17-32-21-11-13-23-24-14-12-22(33-18-10-16-30(7-3)8-4)20-26(24)28-27(31)25(23)19-21/h11-14,19-20H,5-10,15-18H2,1-4H3,(H,28,31). The number of aromatic nitrogens is 1. The van der Waals surface area contributed by atoms with Crippen molar-refractivity contribution in [2.75, 3.05) is 52.5 Å². The van der Waals surface area contributed by atoms with Crippen LogP contribution in [0, 0.1) is 0 Å². The first-order valence-corrected chi connectivity index (χ1v) is 12.4. The summed E-state index contributed by atoms with van der Waals surface area (Å²) in [6.45, 7) is 16.3. The Morgan fingerprint density at radius 3 is 1.76 bits per heavy atom. The van der Waals surface area contributed by atoms with Gasteiger partial charge in [-0.3, -0.25) is 4.79 Å². The minimum atomic E-state index is -0.107. The lowest BCUT2D eigenvalue weighted by Crippen LogP contribution is -2.25. The Bertz CT molecular complexity index is 1070. The van der Waals surface area contributed by atoms with Crippen molar-refractivity contribution >= 4 is 21.7 Å². The molecule has 6 nitrogen and oxygen atoms in total. The van der Waals surface area contributed by atoms with E-state index in [0.29, 0.717) is 18.6 Å². The molecule has 1 aromatic heterocycles. The first kappa shape index (κ1) is 25.1. The van der Waals surface area contributed by atoms with E-state index >= 15 is 0 Å². The fourth-order valence-corrected chi connectivity index (χ4v) is 4.21. The molecule has 0 aliphatic heterocycles. The van der Waals surface area contributed by atoms with E-state index in [1.807, 2.05) is 36.4 Å². The highest BCUT2D eigenvalue weighted by Crippen LogP contribution is 2.27. The topological polar surface area (TPSA) is 57.8 Å². The number of rotatable bonds is 14. The third-order valence-corrected chi connectivity index (χ3v) is 6.33. The lowest BCUT2D eigenvalue weighted by molar-refractivity contribution is 0.249. The summed E-state index contributed by atoms with van der Waals surface area (Å²) in [5.74, 6) is 1.52. The van der Waals surface area contributed by atoms with E-state index in [9.17, 15) is 4.79 Å². The van der Waals surface area contributed by atoms with Crippen molar-refractivity contribution in [2.45, 2.75) is 40.5 Å². The highest BCUT2D eigenvalue weighted by molar-refractivity contribution is 6.05. The maximum Gasteiger partial charge on any atom is 0.256 e. The van der Waals surface area contributed by atoms with Crippen molar-refractivity contribution in [3.8, 4) is 11.5 Å². The third kappa shape index (κ3) is 6.71. The monoisotopic (exact) mass is 453 g/mol. The molecule has 1 N–H and O–H groups in total. The van der Waals surface area contributed by atoms with Crippen LogP contribution in [0.2, 0.25) is 0 Å². The van der Waals surface area contributed by atoms with Crippen LogP contribution in [-0.2, 0) is 0 Å². The third-order valence-electron chi connectivity index (χ3n) is 6.33. The molecule has 1 heterocycles. The van der Waals surface area contributed by atoms with Gasteiger partial charge in [0.25, 0.3) is 5.56 Å². The molecule has 3 rings (SSSR count). The molecule has 0 fully saturated rings. The number of hydrogen-bond acceptors (Lipinski definition) is 5. The first-order chi connectivity index (χ1) is 16.1. The predicted octanol–water partition coefficient (Wildman–Crippen LogP) is 4.90. The molecule has 0 unspecified atom stereocenters. The Kier molecular flexibility index (Phi) is 9.58. The summed E-state index contributed by atoms with van der Waals surface area (Å²) in [6.07, 6.45) is 1.94. The van der Waals surface area contributed by atoms with Crippen LogP contribution in [0.1, 0.15) is 40.5 Å². The molecular weight excluding hydrogens is 414 g/mol. The van der Waals surface area contributed by atoms with Gasteiger partial charge in [0.15, 0.2) is 0 Å². The zero-order chi connectivity index (χ0) is 23.6. The van der Waals surface area contributed by atoms with Crippen LogP contribution in [-0.4, -0.2) is 67.3 Å². The van der Waals surface area contributed by atoms with Gasteiger partial charge in [0, 0.05) is 24.5 Å². The summed E-state index contributed by atoms with van der Waals surface area (Å²) in [5.41, 5.74) is 0.686. The Morgan fingerprint density at radius 2 is 1.21 bits per heavy atom. The molecule has 0 amide bonds. The second-order valence-electron chi connectivity index (χ2n) is 8.33. The number of aromatic amines is 1. The van der Waals surface area contributed by atoms with E-state index in [4.69, 9.17) is 9.47 Å². The molecule has 33 heavy (non-hydrogen) atoms. The van der Waals surface area contributed by atoms with E-state index in [1.165, 1.54) is 0 Å². The van der Waals surface area contributed by atoms with Crippen molar-refractivity contribution in [3.05, 3.63) is 46.8 Å². The van der Waals surface area contributed by atoms with Crippen molar-refractivity contribution in [2.24, 2.45) is 0 Å². The maximum atomic E-state index is 12.8. The second kappa shape index (κ2) is 12.6. The molecule has 2 aromatic carbocycles. The summed E-state index contributed by atoms with van der Waals surface area (Å²) >= 11 is 0. The number of ether oxygens (including phenoxy) is 2. The van der Waals surface area contributed by atoms with Crippen LogP contribution < -0.4 is 15.0 Å². The molecular formula is C27H39N3O3. The average molecular weight is 454 g/mol. The number of fused-ring (bicyclic) bond motifs is 3. The molecule has 6 heteroatoms. The van der Waals surface area contributed by atoms with Crippen molar-refractivity contribution < 1.29 is 9.47 Å². The summed E-state index contributed by atoms with van der Waals surface area (Å²) in [4.78, 5) is 20.6. The number of pyridine rings is 1. The number of nitrogens with zero attached hydrogens (tertiary/aromatic N) is 2. The van der Waals surface area contributed by atoms with E-state index in [0.717, 1.165) is 79.9 Å². The normalized spacial score (nSPS) is 11.7. The molecule has 0 spiro atoms. The van der Waals surface area contributed by atoms with Gasteiger partial charge < -0.3 is 24.3 Å². The minimum absolute atomic E-state index is 0.107. The van der Waals surface area contributed by atoms with Crippen molar-refractivity contribution in [3.63, 3.8) is 0 Å². The van der Waals surface area contributed by atoms with E-state index < -0.39 is 0 Å². The van der Waals surface area contributed by atoms with Gasteiger partial charge in [-0.25, -0.2) is 0 Å². The lowest BCUT2D eigenvalue weighted by Gasteiger charge is -2.18. The number of benzene rings is 2. The smallest absolute Gasteiger partial charge is 0.256 e. The average Bonchev–Trinajstić information content (AvgIpc) is 2.84. The van der Waals surface area contributed by atoms with Crippen LogP contribution in [0.15, 0.2) is 41.2 Å². The zero-order valence-electron chi connectivity index (χ0n) is 20.7. The van der Waals surface area contributed by atoms with Crippen LogP contribution >= 0.6 is 0 Å². The van der Waals surface area contributed by atoms with E-state index in [2.05, 4.69) is 42.5 Å². The summed E-state index contributed by atoms with van der Waals surface area (Å²) in [7, 11) is 0. The van der Waals surface area contributed by atoms with Gasteiger partial charge in [0.2, 0.25) is 0 Å². The molecule has 0 bridgehead atoms. The predicted molar refractivity (Wildman–Crippen MR) is 138 cm³/mol. The lowest BCUT2D eigenvalue weighted by atomic mass is 10.1. The summed E-state index contributed by atoms with van der Waals surface area (Å²) in [6, 6.07) is 11.7. The molecule has 0 radical (unpaired) electrons. The summed E-state index contributed by atoms with van der Waals surface area (Å²) in [5, 5.41) is 2.59. The zero-order valence-corrected chi connectivity index (χ0v) is 20.7. The van der Waals surface area contributed by atoms with Gasteiger partial charge in [-0.05, 0) is 74.7 Å². The second-order valence-corrected chi connectivity index (χ2v) is 8.33. The van der Waals surface area contributed by atoms with Crippen LogP contribution in [0.25, 0.3) is 21.7 Å². The van der Waals surface area contributed by atoms with Crippen molar-refractivity contribution in [1.29, 1.82) is 0 Å². The van der Waals surface area contributed by atoms with Crippen molar-refractivity contribution in [1.82, 2.24) is 14.8 Å². The largest absolute Gasteiger partial charge is 0.494 e. The van der Waals surface area contributed by atoms with E-state index in [-0.39, 0.29) is 5.56 Å².